The molecule has 0 fully saturated rings. The lowest BCUT2D eigenvalue weighted by Crippen LogP contribution is -2.45. The van der Waals surface area contributed by atoms with E-state index in [0.29, 0.717) is 19.5 Å². The first-order valence-electron chi connectivity index (χ1n) is 13.3. The standard InChI is InChI=1S/C35H32N2O2/c38-35(39)34(37(25-28-14-6-2-7-15-28)26-29-16-8-3-9-17-29)32(24-27-12-4-1-5-13-27)30-19-21-31(22-20-30)33-18-10-11-23-36-33/h1-23,32,34H,24-26H2,(H,38,39)/t32?,34-/m0/s1. The van der Waals surface area contributed by atoms with Crippen molar-refractivity contribution in [2.24, 2.45) is 0 Å². The maximum absolute atomic E-state index is 13.2. The maximum Gasteiger partial charge on any atom is 0.321 e. The van der Waals surface area contributed by atoms with Crippen molar-refractivity contribution in [1.82, 2.24) is 9.88 Å². The number of aromatic nitrogens is 1. The number of carboxylic acid groups (broad SMARTS) is 1. The molecule has 0 aliphatic rings. The third kappa shape index (κ3) is 6.86. The lowest BCUT2D eigenvalue weighted by Gasteiger charge is -2.35. The molecule has 0 aliphatic carbocycles. The zero-order chi connectivity index (χ0) is 26.9. The fourth-order valence-electron chi connectivity index (χ4n) is 5.19. The largest absolute Gasteiger partial charge is 0.480 e. The number of aliphatic carboxylic acids is 1. The van der Waals surface area contributed by atoms with Gasteiger partial charge in [0.25, 0.3) is 0 Å². The Bertz CT molecular complexity index is 1400. The fourth-order valence-corrected chi connectivity index (χ4v) is 5.19. The first kappa shape index (κ1) is 26.1. The summed E-state index contributed by atoms with van der Waals surface area (Å²) in [7, 11) is 0. The highest BCUT2D eigenvalue weighted by Gasteiger charge is 2.35. The van der Waals surface area contributed by atoms with Crippen molar-refractivity contribution in [2.45, 2.75) is 31.5 Å². The van der Waals surface area contributed by atoms with Crippen molar-refractivity contribution in [3.8, 4) is 11.3 Å². The molecule has 0 bridgehead atoms. The van der Waals surface area contributed by atoms with Crippen LogP contribution in [0.15, 0.2) is 140 Å². The van der Waals surface area contributed by atoms with Crippen LogP contribution >= 0.6 is 0 Å². The molecule has 0 spiro atoms. The lowest BCUT2D eigenvalue weighted by atomic mass is 9.84. The first-order valence-corrected chi connectivity index (χ1v) is 13.3. The second-order valence-corrected chi connectivity index (χ2v) is 9.79. The molecule has 0 saturated heterocycles. The Balaban J connectivity index is 1.55. The molecule has 0 radical (unpaired) electrons. The van der Waals surface area contributed by atoms with Crippen LogP contribution in [0.2, 0.25) is 0 Å². The topological polar surface area (TPSA) is 53.4 Å². The summed E-state index contributed by atoms with van der Waals surface area (Å²) in [6.07, 6.45) is 2.40. The van der Waals surface area contributed by atoms with Crippen molar-refractivity contribution in [1.29, 1.82) is 0 Å². The molecule has 2 atom stereocenters. The van der Waals surface area contributed by atoms with Crippen molar-refractivity contribution < 1.29 is 9.90 Å². The molecule has 0 saturated carbocycles. The molecule has 1 N–H and O–H groups in total. The van der Waals surface area contributed by atoms with Crippen molar-refractivity contribution in [3.05, 3.63) is 162 Å². The molecule has 5 aromatic rings. The molecule has 194 valence electrons. The summed E-state index contributed by atoms with van der Waals surface area (Å²) in [5, 5.41) is 10.8. The number of carboxylic acids is 1. The van der Waals surface area contributed by atoms with Gasteiger partial charge in [-0.05, 0) is 40.8 Å². The van der Waals surface area contributed by atoms with Crippen molar-refractivity contribution in [3.63, 3.8) is 0 Å². The Morgan fingerprint density at radius 2 is 1.15 bits per heavy atom. The van der Waals surface area contributed by atoms with Gasteiger partial charge in [0.1, 0.15) is 6.04 Å². The van der Waals surface area contributed by atoms with E-state index in [2.05, 4.69) is 58.4 Å². The molecule has 1 aromatic heterocycles. The highest BCUT2D eigenvalue weighted by molar-refractivity contribution is 5.75. The van der Waals surface area contributed by atoms with Gasteiger partial charge in [-0.3, -0.25) is 14.7 Å². The van der Waals surface area contributed by atoms with Crippen LogP contribution < -0.4 is 0 Å². The normalized spacial score (nSPS) is 12.6. The summed E-state index contributed by atoms with van der Waals surface area (Å²) >= 11 is 0. The number of hydrogen-bond donors (Lipinski definition) is 1. The van der Waals surface area contributed by atoms with Crippen LogP contribution in [0.5, 0.6) is 0 Å². The average Bonchev–Trinajstić information content (AvgIpc) is 2.99. The number of carbonyl (C=O) groups is 1. The van der Waals surface area contributed by atoms with Crippen LogP contribution in [0.1, 0.15) is 28.2 Å². The summed E-state index contributed by atoms with van der Waals surface area (Å²) in [5.74, 6) is -1.09. The molecular formula is C35H32N2O2. The fraction of sp³-hybridized carbons (Fsp3) is 0.143. The SMILES string of the molecule is O=C(O)[C@H](C(Cc1ccccc1)c1ccc(-c2ccccn2)cc1)N(Cc1ccccc1)Cc1ccccc1. The highest BCUT2D eigenvalue weighted by Crippen LogP contribution is 2.32. The molecule has 5 rings (SSSR count). The van der Waals surface area contributed by atoms with Gasteiger partial charge >= 0.3 is 5.97 Å². The van der Waals surface area contributed by atoms with Gasteiger partial charge in [-0.2, -0.15) is 0 Å². The average molecular weight is 513 g/mol. The Hall–Kier alpha value is -4.54. The lowest BCUT2D eigenvalue weighted by molar-refractivity contribution is -0.145. The number of hydrogen-bond acceptors (Lipinski definition) is 3. The van der Waals surface area contributed by atoms with E-state index in [1.54, 1.807) is 6.20 Å². The third-order valence-electron chi connectivity index (χ3n) is 7.08. The van der Waals surface area contributed by atoms with E-state index in [1.165, 1.54) is 0 Å². The van der Waals surface area contributed by atoms with E-state index < -0.39 is 12.0 Å². The van der Waals surface area contributed by atoms with Gasteiger partial charge in [0.05, 0.1) is 5.69 Å². The molecule has 0 amide bonds. The zero-order valence-corrected chi connectivity index (χ0v) is 21.8. The number of benzene rings is 4. The van der Waals surface area contributed by atoms with Gasteiger partial charge in [0.2, 0.25) is 0 Å². The molecule has 39 heavy (non-hydrogen) atoms. The van der Waals surface area contributed by atoms with Gasteiger partial charge in [-0.25, -0.2) is 0 Å². The molecule has 0 aliphatic heterocycles. The predicted molar refractivity (Wildman–Crippen MR) is 156 cm³/mol. The monoisotopic (exact) mass is 512 g/mol. The Labute approximate surface area is 230 Å². The molecule has 4 heteroatoms. The van der Waals surface area contributed by atoms with E-state index >= 15 is 0 Å². The third-order valence-corrected chi connectivity index (χ3v) is 7.08. The number of rotatable bonds is 11. The maximum atomic E-state index is 13.2. The minimum Gasteiger partial charge on any atom is -0.480 e. The van der Waals surface area contributed by atoms with Crippen LogP contribution in [0.25, 0.3) is 11.3 Å². The summed E-state index contributed by atoms with van der Waals surface area (Å²) in [6.45, 7) is 1.06. The van der Waals surface area contributed by atoms with Crippen molar-refractivity contribution in [2.75, 3.05) is 0 Å². The van der Waals surface area contributed by atoms with E-state index in [1.807, 2.05) is 84.9 Å². The molecule has 1 unspecified atom stereocenters. The highest BCUT2D eigenvalue weighted by atomic mass is 16.4. The van der Waals surface area contributed by atoms with Crippen LogP contribution in [0.4, 0.5) is 0 Å². The first-order chi connectivity index (χ1) is 19.2. The molecule has 4 aromatic carbocycles. The Morgan fingerprint density at radius 3 is 1.64 bits per heavy atom. The molecule has 4 nitrogen and oxygen atoms in total. The summed E-state index contributed by atoms with van der Waals surface area (Å²) in [5.41, 5.74) is 6.19. The summed E-state index contributed by atoms with van der Waals surface area (Å²) < 4.78 is 0. The quantitative estimate of drug-likeness (QED) is 0.203. The van der Waals surface area contributed by atoms with Crippen molar-refractivity contribution >= 4 is 5.97 Å². The van der Waals surface area contributed by atoms with E-state index in [-0.39, 0.29) is 5.92 Å². The summed E-state index contributed by atoms with van der Waals surface area (Å²) in [4.78, 5) is 19.7. The van der Waals surface area contributed by atoms with Crippen LogP contribution in [0.3, 0.4) is 0 Å². The van der Waals surface area contributed by atoms with Crippen LogP contribution in [0, 0.1) is 0 Å². The number of pyridine rings is 1. The zero-order valence-electron chi connectivity index (χ0n) is 21.8. The predicted octanol–water partition coefficient (Wildman–Crippen LogP) is 7.23. The minimum atomic E-state index is -0.823. The van der Waals surface area contributed by atoms with Gasteiger partial charge in [-0.1, -0.05) is 121 Å². The van der Waals surface area contributed by atoms with E-state index in [0.717, 1.165) is 33.5 Å². The van der Waals surface area contributed by atoms with Crippen LogP contribution in [-0.2, 0) is 24.3 Å². The summed E-state index contributed by atoms with van der Waals surface area (Å²) in [6, 6.07) is 43.7. The van der Waals surface area contributed by atoms with Gasteiger partial charge in [0, 0.05) is 30.8 Å². The van der Waals surface area contributed by atoms with E-state index in [9.17, 15) is 9.90 Å². The van der Waals surface area contributed by atoms with E-state index in [4.69, 9.17) is 0 Å². The van der Waals surface area contributed by atoms with Crippen LogP contribution in [-0.4, -0.2) is 27.0 Å². The minimum absolute atomic E-state index is 0.268. The number of nitrogens with zero attached hydrogens (tertiary/aromatic N) is 2. The van der Waals surface area contributed by atoms with Gasteiger partial charge in [-0.15, -0.1) is 0 Å². The Morgan fingerprint density at radius 1 is 0.641 bits per heavy atom. The second-order valence-electron chi connectivity index (χ2n) is 9.79. The molecule has 1 heterocycles. The second kappa shape index (κ2) is 12.8. The Kier molecular flexibility index (Phi) is 8.57. The van der Waals surface area contributed by atoms with Gasteiger partial charge in [0.15, 0.2) is 0 Å². The van der Waals surface area contributed by atoms with Gasteiger partial charge < -0.3 is 5.11 Å². The smallest absolute Gasteiger partial charge is 0.321 e. The molecular weight excluding hydrogens is 480 g/mol.